The maximum absolute atomic E-state index is 13.5. The lowest BCUT2D eigenvalue weighted by molar-refractivity contribution is -0.120. The number of sulfonamides is 1. The molecule has 10 heteroatoms. The number of nitrogens with one attached hydrogen (secondary N) is 1. The standard InChI is InChI=1S/C22H20F2N2O5S/c1-13-10-21(27)31-20-11-15(2-4-17(13)20)25-22(28)14-6-8-26(9-7-14)32(29,30)16-3-5-18(23)19(24)12-16/h2-5,10-12,14H,6-9H2,1H3,(H,25,28). The lowest BCUT2D eigenvalue weighted by Gasteiger charge is -2.30. The number of fused-ring (bicyclic) bond motifs is 1. The Hall–Kier alpha value is -3.11. The number of piperidine rings is 1. The molecule has 7 nitrogen and oxygen atoms in total. The Kier molecular flexibility index (Phi) is 5.83. The summed E-state index contributed by atoms with van der Waals surface area (Å²) in [5.74, 6) is -3.06. The quantitative estimate of drug-likeness (QED) is 0.600. The molecule has 1 aromatic heterocycles. The van der Waals surface area contributed by atoms with Crippen molar-refractivity contribution in [1.29, 1.82) is 0 Å². The average molecular weight is 462 g/mol. The average Bonchev–Trinajstić information content (AvgIpc) is 2.75. The van der Waals surface area contributed by atoms with Crippen molar-refractivity contribution in [1.82, 2.24) is 4.31 Å². The molecule has 2 aromatic carbocycles. The summed E-state index contributed by atoms with van der Waals surface area (Å²) in [7, 11) is -3.99. The Morgan fingerprint density at radius 1 is 1.06 bits per heavy atom. The summed E-state index contributed by atoms with van der Waals surface area (Å²) in [4.78, 5) is 23.9. The lowest BCUT2D eigenvalue weighted by atomic mass is 9.97. The summed E-state index contributed by atoms with van der Waals surface area (Å²) in [6.45, 7) is 1.94. The van der Waals surface area contributed by atoms with Crippen LogP contribution in [0.1, 0.15) is 18.4 Å². The van der Waals surface area contributed by atoms with Crippen LogP contribution in [0.2, 0.25) is 0 Å². The van der Waals surface area contributed by atoms with Gasteiger partial charge in [-0.05, 0) is 55.7 Å². The highest BCUT2D eigenvalue weighted by atomic mass is 32.2. The topological polar surface area (TPSA) is 96.7 Å². The molecule has 1 amide bonds. The van der Waals surface area contributed by atoms with E-state index in [0.29, 0.717) is 17.3 Å². The van der Waals surface area contributed by atoms with Gasteiger partial charge in [0, 0.05) is 42.2 Å². The van der Waals surface area contributed by atoms with Gasteiger partial charge in [-0.25, -0.2) is 22.0 Å². The van der Waals surface area contributed by atoms with E-state index in [1.807, 2.05) is 0 Å². The summed E-state index contributed by atoms with van der Waals surface area (Å²) >= 11 is 0. The number of anilines is 1. The fraction of sp³-hybridized carbons (Fsp3) is 0.273. The van der Waals surface area contributed by atoms with Crippen LogP contribution in [0.25, 0.3) is 11.0 Å². The summed E-state index contributed by atoms with van der Waals surface area (Å²) < 4.78 is 58.3. The summed E-state index contributed by atoms with van der Waals surface area (Å²) in [6, 6.07) is 8.87. The van der Waals surface area contributed by atoms with E-state index >= 15 is 0 Å². The van der Waals surface area contributed by atoms with Crippen LogP contribution in [0.3, 0.4) is 0 Å². The third kappa shape index (κ3) is 4.28. The number of hydrogen-bond donors (Lipinski definition) is 1. The van der Waals surface area contributed by atoms with Crippen LogP contribution < -0.4 is 10.9 Å². The van der Waals surface area contributed by atoms with Crippen molar-refractivity contribution in [2.45, 2.75) is 24.7 Å². The van der Waals surface area contributed by atoms with Crippen molar-refractivity contribution in [2.24, 2.45) is 5.92 Å². The van der Waals surface area contributed by atoms with Gasteiger partial charge < -0.3 is 9.73 Å². The lowest BCUT2D eigenvalue weighted by Crippen LogP contribution is -2.41. The van der Waals surface area contributed by atoms with Gasteiger partial charge in [0.1, 0.15) is 5.58 Å². The number of halogens is 2. The summed E-state index contributed by atoms with van der Waals surface area (Å²) in [5, 5.41) is 3.54. The van der Waals surface area contributed by atoms with Crippen LogP contribution in [0.15, 0.2) is 56.6 Å². The van der Waals surface area contributed by atoms with Gasteiger partial charge in [0.05, 0.1) is 4.90 Å². The second-order valence-corrected chi connectivity index (χ2v) is 9.64. The number of carbonyl (C=O) groups excluding carboxylic acids is 1. The highest BCUT2D eigenvalue weighted by Gasteiger charge is 2.32. The predicted molar refractivity (Wildman–Crippen MR) is 114 cm³/mol. The first kappa shape index (κ1) is 22.1. The van der Waals surface area contributed by atoms with E-state index in [4.69, 9.17) is 4.42 Å². The van der Waals surface area contributed by atoms with Gasteiger partial charge >= 0.3 is 5.63 Å². The number of aryl methyl sites for hydroxylation is 1. The van der Waals surface area contributed by atoms with Gasteiger partial charge in [-0.2, -0.15) is 4.31 Å². The first-order chi connectivity index (χ1) is 15.1. The maximum Gasteiger partial charge on any atom is 0.336 e. The normalized spacial score (nSPS) is 15.7. The van der Waals surface area contributed by atoms with Crippen molar-refractivity contribution >= 4 is 32.6 Å². The molecule has 0 aliphatic carbocycles. The van der Waals surface area contributed by atoms with E-state index in [0.717, 1.165) is 27.4 Å². The summed E-state index contributed by atoms with van der Waals surface area (Å²) in [6.07, 6.45) is 0.549. The van der Waals surface area contributed by atoms with Crippen LogP contribution in [-0.4, -0.2) is 31.7 Å². The molecule has 0 unspecified atom stereocenters. The Balaban J connectivity index is 1.43. The van der Waals surface area contributed by atoms with Crippen LogP contribution in [-0.2, 0) is 14.8 Å². The van der Waals surface area contributed by atoms with Crippen molar-refractivity contribution in [3.05, 3.63) is 70.1 Å². The maximum atomic E-state index is 13.5. The monoisotopic (exact) mass is 462 g/mol. The fourth-order valence-corrected chi connectivity index (χ4v) is 5.27. The van der Waals surface area contributed by atoms with Gasteiger partial charge in [0.25, 0.3) is 0 Å². The molecule has 4 rings (SSSR count). The minimum atomic E-state index is -3.99. The van der Waals surface area contributed by atoms with E-state index < -0.39 is 33.2 Å². The highest BCUT2D eigenvalue weighted by Crippen LogP contribution is 2.27. The van der Waals surface area contributed by atoms with E-state index in [2.05, 4.69) is 5.32 Å². The molecule has 1 aliphatic heterocycles. The van der Waals surface area contributed by atoms with Crippen LogP contribution in [0.5, 0.6) is 0 Å². The number of rotatable bonds is 4. The number of nitrogens with zero attached hydrogens (tertiary/aromatic N) is 1. The molecular weight excluding hydrogens is 442 g/mol. The Morgan fingerprint density at radius 3 is 2.47 bits per heavy atom. The molecule has 0 atom stereocenters. The third-order valence-electron chi connectivity index (χ3n) is 5.57. The van der Waals surface area contributed by atoms with E-state index in [-0.39, 0.29) is 36.7 Å². The number of hydrogen-bond acceptors (Lipinski definition) is 5. The first-order valence-corrected chi connectivity index (χ1v) is 11.4. The van der Waals surface area contributed by atoms with Crippen molar-refractivity contribution < 1.29 is 26.4 Å². The molecule has 1 N–H and O–H groups in total. The SMILES string of the molecule is Cc1cc(=O)oc2cc(NC(=O)C3CCN(S(=O)(=O)c4ccc(F)c(F)c4)CC3)ccc12. The van der Waals surface area contributed by atoms with Gasteiger partial charge in [0.2, 0.25) is 15.9 Å². The number of amides is 1. The molecule has 3 aromatic rings. The molecule has 1 aliphatic rings. The van der Waals surface area contributed by atoms with Gasteiger partial charge in [-0.15, -0.1) is 0 Å². The van der Waals surface area contributed by atoms with Crippen LogP contribution >= 0.6 is 0 Å². The largest absolute Gasteiger partial charge is 0.423 e. The van der Waals surface area contributed by atoms with E-state index in [1.54, 1.807) is 25.1 Å². The fourth-order valence-electron chi connectivity index (χ4n) is 3.79. The van der Waals surface area contributed by atoms with Crippen molar-refractivity contribution in [3.63, 3.8) is 0 Å². The number of benzene rings is 2. The minimum Gasteiger partial charge on any atom is -0.423 e. The molecule has 2 heterocycles. The molecule has 0 bridgehead atoms. The minimum absolute atomic E-state index is 0.0746. The Morgan fingerprint density at radius 2 is 1.78 bits per heavy atom. The zero-order valence-corrected chi connectivity index (χ0v) is 17.9. The van der Waals surface area contributed by atoms with Gasteiger partial charge in [0.15, 0.2) is 11.6 Å². The highest BCUT2D eigenvalue weighted by molar-refractivity contribution is 7.89. The third-order valence-corrected chi connectivity index (χ3v) is 7.47. The van der Waals surface area contributed by atoms with Crippen molar-refractivity contribution in [2.75, 3.05) is 18.4 Å². The zero-order chi connectivity index (χ0) is 23.0. The Bertz CT molecular complexity index is 1360. The molecule has 1 fully saturated rings. The molecule has 168 valence electrons. The molecule has 0 spiro atoms. The molecule has 0 saturated carbocycles. The smallest absolute Gasteiger partial charge is 0.336 e. The molecular formula is C22H20F2N2O5S. The van der Waals surface area contributed by atoms with Crippen molar-refractivity contribution in [3.8, 4) is 0 Å². The van der Waals surface area contributed by atoms with Gasteiger partial charge in [-0.3, -0.25) is 4.79 Å². The predicted octanol–water partition coefficient (Wildman–Crippen LogP) is 3.42. The first-order valence-electron chi connectivity index (χ1n) is 9.96. The second kappa shape index (κ2) is 8.44. The van der Waals surface area contributed by atoms with Gasteiger partial charge in [-0.1, -0.05) is 0 Å². The molecule has 1 saturated heterocycles. The Labute approximate surface area is 182 Å². The molecule has 32 heavy (non-hydrogen) atoms. The van der Waals surface area contributed by atoms with Crippen LogP contribution in [0, 0.1) is 24.5 Å². The summed E-state index contributed by atoms with van der Waals surface area (Å²) in [5.41, 5.74) is 1.12. The second-order valence-electron chi connectivity index (χ2n) is 7.70. The zero-order valence-electron chi connectivity index (χ0n) is 17.1. The van der Waals surface area contributed by atoms with Crippen LogP contribution in [0.4, 0.5) is 14.5 Å². The van der Waals surface area contributed by atoms with E-state index in [1.165, 1.54) is 6.07 Å². The molecule has 0 radical (unpaired) electrons. The van der Waals surface area contributed by atoms with E-state index in [9.17, 15) is 26.8 Å². The number of carbonyl (C=O) groups is 1.